The highest BCUT2D eigenvalue weighted by atomic mass is 19.4. The van der Waals surface area contributed by atoms with Gasteiger partial charge in [-0.25, -0.2) is 19.4 Å². The van der Waals surface area contributed by atoms with Gasteiger partial charge in [-0.2, -0.15) is 65.9 Å². The highest BCUT2D eigenvalue weighted by molar-refractivity contribution is 5.56. The Balaban J connectivity index is 1.83. The van der Waals surface area contributed by atoms with Crippen LogP contribution in [-0.2, 0) is 18.9 Å². The van der Waals surface area contributed by atoms with Crippen LogP contribution in [0, 0.1) is 0 Å². The van der Waals surface area contributed by atoms with Crippen LogP contribution in [0.4, 0.5) is 65.9 Å². The molecule has 0 unspecified atom stereocenters. The number of rotatable bonds is 20. The highest BCUT2D eigenvalue weighted by Crippen LogP contribution is 2.56. The van der Waals surface area contributed by atoms with Crippen molar-refractivity contribution in [1.29, 1.82) is 0 Å². The van der Waals surface area contributed by atoms with Crippen LogP contribution < -0.4 is 9.47 Å². The fraction of sp³-hybridized carbons (Fsp3) is 0.600. The van der Waals surface area contributed by atoms with E-state index in [2.05, 4.69) is 19.4 Å². The van der Waals surface area contributed by atoms with E-state index in [0.29, 0.717) is 30.4 Å². The normalized spacial score (nSPS) is 13.9. The number of halogens is 15. The second-order valence-electron chi connectivity index (χ2n) is 9.11. The smallest absolute Gasteiger partial charge is 0.460 e. The summed E-state index contributed by atoms with van der Waals surface area (Å²) in [4.78, 5) is 8.28. The number of ether oxygens (including phenoxy) is 6. The third kappa shape index (κ3) is 10.3. The summed E-state index contributed by atoms with van der Waals surface area (Å²) in [5.41, 5.74) is 0.554. The van der Waals surface area contributed by atoms with Gasteiger partial charge < -0.3 is 18.9 Å². The minimum Gasteiger partial charge on any atom is -0.494 e. The zero-order valence-electron chi connectivity index (χ0n) is 23.9. The van der Waals surface area contributed by atoms with E-state index in [-0.39, 0.29) is 25.4 Å². The molecule has 1 heterocycles. The minimum atomic E-state index is -7.92. The van der Waals surface area contributed by atoms with Crippen LogP contribution in [0.15, 0.2) is 36.7 Å². The molecule has 2 aromatic rings. The molecular formula is C25H23F15N2O6. The van der Waals surface area contributed by atoms with Crippen LogP contribution >= 0.6 is 0 Å². The van der Waals surface area contributed by atoms with Gasteiger partial charge in [0.2, 0.25) is 0 Å². The lowest BCUT2D eigenvalue weighted by Crippen LogP contribution is -2.64. The van der Waals surface area contributed by atoms with E-state index in [1.807, 2.05) is 6.92 Å². The first-order valence-electron chi connectivity index (χ1n) is 13.0. The maximum atomic E-state index is 13.6. The lowest BCUT2D eigenvalue weighted by molar-refractivity contribution is -0.543. The average molecular weight is 732 g/mol. The predicted octanol–water partition coefficient (Wildman–Crippen LogP) is 7.58. The molecule has 0 fully saturated rings. The van der Waals surface area contributed by atoms with Gasteiger partial charge in [0.05, 0.1) is 32.2 Å². The Hall–Kier alpha value is -3.31. The number of nitrogens with zero attached hydrogens (tertiary/aromatic N) is 2. The summed E-state index contributed by atoms with van der Waals surface area (Å²) in [5.74, 6) is -14.8. The molecule has 0 atom stereocenters. The van der Waals surface area contributed by atoms with Crippen molar-refractivity contribution in [3.05, 3.63) is 36.7 Å². The van der Waals surface area contributed by atoms with Crippen molar-refractivity contribution in [1.82, 2.24) is 9.97 Å². The Kier molecular flexibility index (Phi) is 13.2. The lowest BCUT2D eigenvalue weighted by atomic mass is 10.1. The third-order valence-corrected chi connectivity index (χ3v) is 5.40. The summed E-state index contributed by atoms with van der Waals surface area (Å²) >= 11 is 0. The van der Waals surface area contributed by atoms with E-state index in [1.54, 1.807) is 16.9 Å². The Bertz CT molecular complexity index is 1280. The summed E-state index contributed by atoms with van der Waals surface area (Å²) in [5, 5.41) is 0. The van der Waals surface area contributed by atoms with Gasteiger partial charge in [0, 0.05) is 18.6 Å². The largest absolute Gasteiger partial charge is 0.494 e. The van der Waals surface area contributed by atoms with Gasteiger partial charge in [-0.3, -0.25) is 0 Å². The second-order valence-corrected chi connectivity index (χ2v) is 9.11. The third-order valence-electron chi connectivity index (χ3n) is 5.40. The summed E-state index contributed by atoms with van der Waals surface area (Å²) in [6, 6.07) is 6.02. The molecular weight excluding hydrogens is 709 g/mol. The van der Waals surface area contributed by atoms with Crippen LogP contribution in [-0.4, -0.2) is 92.1 Å². The average Bonchev–Trinajstić information content (AvgIpc) is 2.96. The number of alkyl halides is 15. The topological polar surface area (TPSA) is 81.2 Å². The first kappa shape index (κ1) is 40.9. The highest BCUT2D eigenvalue weighted by Gasteiger charge is 2.85. The van der Waals surface area contributed by atoms with Gasteiger partial charge in [-0.05, 0) is 31.2 Å². The maximum Gasteiger partial charge on any atom is 0.460 e. The molecule has 0 aliphatic rings. The first-order valence-corrected chi connectivity index (χ1v) is 13.0. The van der Waals surface area contributed by atoms with Crippen LogP contribution in [0.3, 0.4) is 0 Å². The minimum absolute atomic E-state index is 0.237. The molecule has 0 radical (unpaired) electrons. The van der Waals surface area contributed by atoms with Crippen molar-refractivity contribution in [3.63, 3.8) is 0 Å². The SMILES string of the molecule is CCOCCOc1cnc(-c2ccc(OCCCOCC(F)(F)OC(F)(F)C(F)(F)OC(F)(F)C(F)(F)C(F)(F)C(F)(F)F)cc2)nc1. The standard InChI is InChI=1S/C25H23F15N2O6/c1-2-43-10-11-46-17-12-41-18(42-13-17)15-4-6-16(7-5-15)45-9-3-8-44-14-19(26,27)47-24(37,38)25(39,40)48-23(35,36)21(30,31)20(28,29)22(32,33)34/h4-7,12-13H,2-3,8-11,14H2,1H3. The van der Waals surface area contributed by atoms with E-state index >= 15 is 0 Å². The van der Waals surface area contributed by atoms with Gasteiger partial charge in [-0.15, -0.1) is 0 Å². The molecule has 0 N–H and O–H groups in total. The van der Waals surface area contributed by atoms with Gasteiger partial charge in [0.1, 0.15) is 19.0 Å². The van der Waals surface area contributed by atoms with Gasteiger partial charge >= 0.3 is 42.5 Å². The maximum absolute atomic E-state index is 13.6. The summed E-state index contributed by atoms with van der Waals surface area (Å²) in [6.45, 7) is -0.284. The predicted molar refractivity (Wildman–Crippen MR) is 128 cm³/mol. The van der Waals surface area contributed by atoms with Crippen molar-refractivity contribution in [3.8, 4) is 22.9 Å². The fourth-order valence-corrected chi connectivity index (χ4v) is 3.07. The molecule has 0 bridgehead atoms. The molecule has 0 aliphatic carbocycles. The molecule has 0 saturated heterocycles. The molecule has 23 heteroatoms. The first-order chi connectivity index (χ1) is 21.9. The molecule has 1 aromatic carbocycles. The molecule has 0 aliphatic heterocycles. The number of aromatic nitrogens is 2. The lowest BCUT2D eigenvalue weighted by Gasteiger charge is -2.36. The van der Waals surface area contributed by atoms with Crippen LogP contribution in [0.25, 0.3) is 11.4 Å². The number of hydrogen-bond donors (Lipinski definition) is 0. The van der Waals surface area contributed by atoms with Gasteiger partial charge in [0.15, 0.2) is 11.6 Å². The molecule has 274 valence electrons. The van der Waals surface area contributed by atoms with Gasteiger partial charge in [0.25, 0.3) is 0 Å². The van der Waals surface area contributed by atoms with E-state index in [9.17, 15) is 65.9 Å². The fourth-order valence-electron chi connectivity index (χ4n) is 3.07. The molecule has 0 amide bonds. The zero-order chi connectivity index (χ0) is 36.7. The molecule has 8 nitrogen and oxygen atoms in total. The van der Waals surface area contributed by atoms with Crippen LogP contribution in [0.5, 0.6) is 11.5 Å². The van der Waals surface area contributed by atoms with E-state index in [1.165, 1.54) is 24.5 Å². The number of benzene rings is 1. The molecule has 2 rings (SSSR count). The Morgan fingerprint density at radius 1 is 0.562 bits per heavy atom. The summed E-state index contributed by atoms with van der Waals surface area (Å²) < 4.78 is 220. The second kappa shape index (κ2) is 15.5. The van der Waals surface area contributed by atoms with Crippen LogP contribution in [0.1, 0.15) is 13.3 Å². The molecule has 0 spiro atoms. The van der Waals surface area contributed by atoms with Crippen LogP contribution in [0.2, 0.25) is 0 Å². The van der Waals surface area contributed by atoms with Gasteiger partial charge in [-0.1, -0.05) is 0 Å². The molecule has 48 heavy (non-hydrogen) atoms. The Morgan fingerprint density at radius 2 is 1.10 bits per heavy atom. The Morgan fingerprint density at radius 3 is 1.65 bits per heavy atom. The summed E-state index contributed by atoms with van der Waals surface area (Å²) in [6.07, 6.45) is -32.4. The van der Waals surface area contributed by atoms with E-state index in [4.69, 9.17) is 14.2 Å². The Labute approximate surface area is 260 Å². The van der Waals surface area contributed by atoms with Crippen molar-refractivity contribution in [2.45, 2.75) is 55.8 Å². The van der Waals surface area contributed by atoms with Crippen molar-refractivity contribution in [2.75, 3.05) is 39.6 Å². The van der Waals surface area contributed by atoms with E-state index < -0.39 is 55.7 Å². The number of hydrogen-bond acceptors (Lipinski definition) is 8. The monoisotopic (exact) mass is 732 g/mol. The van der Waals surface area contributed by atoms with Crippen molar-refractivity contribution < 1.29 is 94.3 Å². The van der Waals surface area contributed by atoms with Crippen molar-refractivity contribution in [2.24, 2.45) is 0 Å². The summed E-state index contributed by atoms with van der Waals surface area (Å²) in [7, 11) is 0. The molecule has 0 saturated carbocycles. The quantitative estimate of drug-likeness (QED) is 0.102. The molecule has 1 aromatic heterocycles. The van der Waals surface area contributed by atoms with Crippen molar-refractivity contribution >= 4 is 0 Å². The zero-order valence-corrected chi connectivity index (χ0v) is 23.9. The van der Waals surface area contributed by atoms with E-state index in [0.717, 1.165) is 0 Å².